The second-order valence-electron chi connectivity index (χ2n) is 5.24. The average molecular weight is 262 g/mol. The Balaban J connectivity index is 1.84. The van der Waals surface area contributed by atoms with Crippen molar-refractivity contribution in [1.29, 1.82) is 0 Å². The minimum atomic E-state index is 0.162. The molecule has 4 nitrogen and oxygen atoms in total. The third kappa shape index (κ3) is 3.47. The van der Waals surface area contributed by atoms with Gasteiger partial charge in [0.05, 0.1) is 0 Å². The third-order valence-corrected chi connectivity index (χ3v) is 3.84. The molecule has 104 valence electrons. The van der Waals surface area contributed by atoms with Gasteiger partial charge in [0.1, 0.15) is 5.75 Å². The monoisotopic (exact) mass is 262 g/mol. The van der Waals surface area contributed by atoms with Crippen molar-refractivity contribution in [3.63, 3.8) is 0 Å². The second kappa shape index (κ2) is 6.06. The summed E-state index contributed by atoms with van der Waals surface area (Å²) in [4.78, 5) is 13.1. The minimum Gasteiger partial charge on any atom is -0.507 e. The van der Waals surface area contributed by atoms with E-state index in [1.165, 1.54) is 0 Å². The highest BCUT2D eigenvalue weighted by molar-refractivity contribution is 5.73. The van der Waals surface area contributed by atoms with E-state index in [-0.39, 0.29) is 5.91 Å². The number of benzene rings is 1. The van der Waals surface area contributed by atoms with Crippen molar-refractivity contribution in [3.8, 4) is 5.75 Å². The Morgan fingerprint density at radius 2 is 2.11 bits per heavy atom. The van der Waals surface area contributed by atoms with Crippen LogP contribution in [0.25, 0.3) is 0 Å². The molecule has 4 heteroatoms. The number of hydrogen-bond donors (Lipinski definition) is 2. The van der Waals surface area contributed by atoms with Crippen molar-refractivity contribution in [1.82, 2.24) is 10.2 Å². The van der Waals surface area contributed by atoms with Crippen molar-refractivity contribution >= 4 is 5.91 Å². The molecule has 19 heavy (non-hydrogen) atoms. The molecule has 1 aliphatic heterocycles. The predicted molar refractivity (Wildman–Crippen MR) is 75.0 cm³/mol. The lowest BCUT2D eigenvalue weighted by Gasteiger charge is -2.31. The maximum atomic E-state index is 11.2. The standard InChI is InChI=1S/C15H22N2O2/c1-11-4-3-5-13(15(11)19)10-16-14-6-8-17(9-7-14)12(2)18/h3-5,14,16,19H,6-10H2,1-2H3. The molecule has 0 saturated carbocycles. The molecule has 0 spiro atoms. The molecule has 1 aliphatic rings. The third-order valence-electron chi connectivity index (χ3n) is 3.84. The Morgan fingerprint density at radius 3 is 2.74 bits per heavy atom. The highest BCUT2D eigenvalue weighted by Crippen LogP contribution is 2.21. The Labute approximate surface area is 114 Å². The van der Waals surface area contributed by atoms with Gasteiger partial charge in [0.15, 0.2) is 0 Å². The van der Waals surface area contributed by atoms with E-state index in [0.717, 1.165) is 37.1 Å². The largest absolute Gasteiger partial charge is 0.507 e. The number of nitrogens with zero attached hydrogens (tertiary/aromatic N) is 1. The first-order valence-corrected chi connectivity index (χ1v) is 6.84. The zero-order valence-electron chi connectivity index (χ0n) is 11.6. The van der Waals surface area contributed by atoms with Crippen LogP contribution >= 0.6 is 0 Å². The summed E-state index contributed by atoms with van der Waals surface area (Å²) in [7, 11) is 0. The smallest absolute Gasteiger partial charge is 0.219 e. The van der Waals surface area contributed by atoms with Gasteiger partial charge in [-0.2, -0.15) is 0 Å². The quantitative estimate of drug-likeness (QED) is 0.873. The van der Waals surface area contributed by atoms with Crippen LogP contribution in [0.4, 0.5) is 0 Å². The predicted octanol–water partition coefficient (Wildman–Crippen LogP) is 1.80. The summed E-state index contributed by atoms with van der Waals surface area (Å²) in [6.45, 7) is 5.86. The zero-order valence-corrected chi connectivity index (χ0v) is 11.6. The van der Waals surface area contributed by atoms with Crippen LogP contribution in [0.2, 0.25) is 0 Å². The number of amides is 1. The zero-order chi connectivity index (χ0) is 13.8. The number of likely N-dealkylation sites (tertiary alicyclic amines) is 1. The normalized spacial score (nSPS) is 16.6. The Hall–Kier alpha value is -1.55. The molecule has 1 fully saturated rings. The first-order valence-electron chi connectivity index (χ1n) is 6.84. The number of rotatable bonds is 3. The number of piperidine rings is 1. The Bertz CT molecular complexity index is 451. The molecule has 1 heterocycles. The Morgan fingerprint density at radius 1 is 1.42 bits per heavy atom. The summed E-state index contributed by atoms with van der Waals surface area (Å²) in [6, 6.07) is 6.24. The van der Waals surface area contributed by atoms with Crippen LogP contribution in [0.1, 0.15) is 30.9 Å². The molecule has 0 aliphatic carbocycles. The highest BCUT2D eigenvalue weighted by Gasteiger charge is 2.20. The van der Waals surface area contributed by atoms with Crippen LogP contribution in [0.5, 0.6) is 5.75 Å². The van der Waals surface area contributed by atoms with Crippen LogP contribution in [0.3, 0.4) is 0 Å². The van der Waals surface area contributed by atoms with Gasteiger partial charge >= 0.3 is 0 Å². The van der Waals surface area contributed by atoms with Gasteiger partial charge in [-0.1, -0.05) is 18.2 Å². The number of carbonyl (C=O) groups is 1. The number of hydrogen-bond acceptors (Lipinski definition) is 3. The summed E-state index contributed by atoms with van der Waals surface area (Å²) in [6.07, 6.45) is 1.96. The van der Waals surface area contributed by atoms with E-state index in [1.807, 2.05) is 30.0 Å². The average Bonchev–Trinajstić information content (AvgIpc) is 2.41. The summed E-state index contributed by atoms with van der Waals surface area (Å²) in [5, 5.41) is 13.4. The van der Waals surface area contributed by atoms with E-state index in [0.29, 0.717) is 18.3 Å². The van der Waals surface area contributed by atoms with Crippen molar-refractivity contribution in [2.24, 2.45) is 0 Å². The van der Waals surface area contributed by atoms with E-state index < -0.39 is 0 Å². The van der Waals surface area contributed by atoms with E-state index >= 15 is 0 Å². The number of aryl methyl sites for hydroxylation is 1. The van der Waals surface area contributed by atoms with Gasteiger partial charge < -0.3 is 15.3 Å². The van der Waals surface area contributed by atoms with Gasteiger partial charge in [-0.05, 0) is 25.3 Å². The van der Waals surface area contributed by atoms with Gasteiger partial charge in [-0.15, -0.1) is 0 Å². The Kier molecular flexibility index (Phi) is 4.43. The number of nitrogens with one attached hydrogen (secondary N) is 1. The van der Waals surface area contributed by atoms with Crippen molar-refractivity contribution in [2.45, 2.75) is 39.3 Å². The van der Waals surface area contributed by atoms with E-state index in [4.69, 9.17) is 0 Å². The van der Waals surface area contributed by atoms with Crippen molar-refractivity contribution < 1.29 is 9.90 Å². The molecule has 0 atom stereocenters. The fourth-order valence-corrected chi connectivity index (χ4v) is 2.52. The molecule has 2 rings (SSSR count). The topological polar surface area (TPSA) is 52.6 Å². The van der Waals surface area contributed by atoms with Crippen LogP contribution in [0.15, 0.2) is 18.2 Å². The van der Waals surface area contributed by atoms with Gasteiger partial charge in [0.25, 0.3) is 0 Å². The molecule has 1 aromatic carbocycles. The van der Waals surface area contributed by atoms with Crippen LogP contribution in [0, 0.1) is 6.92 Å². The maximum Gasteiger partial charge on any atom is 0.219 e. The second-order valence-corrected chi connectivity index (χ2v) is 5.24. The van der Waals surface area contributed by atoms with Gasteiger partial charge in [0, 0.05) is 38.2 Å². The van der Waals surface area contributed by atoms with Crippen LogP contribution in [-0.2, 0) is 11.3 Å². The molecule has 0 radical (unpaired) electrons. The summed E-state index contributed by atoms with van der Waals surface area (Å²) < 4.78 is 0. The fourth-order valence-electron chi connectivity index (χ4n) is 2.52. The molecular weight excluding hydrogens is 240 g/mol. The first-order chi connectivity index (χ1) is 9.08. The SMILES string of the molecule is CC(=O)N1CCC(NCc2cccc(C)c2O)CC1. The lowest BCUT2D eigenvalue weighted by molar-refractivity contribution is -0.129. The molecule has 1 aromatic rings. The fraction of sp³-hybridized carbons (Fsp3) is 0.533. The number of phenolic OH excluding ortho intramolecular Hbond substituents is 1. The summed E-state index contributed by atoms with van der Waals surface area (Å²) >= 11 is 0. The molecule has 1 amide bonds. The minimum absolute atomic E-state index is 0.162. The van der Waals surface area contributed by atoms with Gasteiger partial charge in [-0.3, -0.25) is 4.79 Å². The highest BCUT2D eigenvalue weighted by atomic mass is 16.3. The van der Waals surface area contributed by atoms with Crippen LogP contribution in [-0.4, -0.2) is 35.0 Å². The summed E-state index contributed by atoms with van der Waals surface area (Å²) in [5.41, 5.74) is 1.85. The lowest BCUT2D eigenvalue weighted by Crippen LogP contribution is -2.43. The van der Waals surface area contributed by atoms with E-state index in [1.54, 1.807) is 6.92 Å². The molecule has 0 aromatic heterocycles. The number of carbonyl (C=O) groups excluding carboxylic acids is 1. The van der Waals surface area contributed by atoms with Crippen molar-refractivity contribution in [2.75, 3.05) is 13.1 Å². The van der Waals surface area contributed by atoms with Gasteiger partial charge in [-0.25, -0.2) is 0 Å². The van der Waals surface area contributed by atoms with Crippen molar-refractivity contribution in [3.05, 3.63) is 29.3 Å². The lowest BCUT2D eigenvalue weighted by atomic mass is 10.0. The van der Waals surface area contributed by atoms with Gasteiger partial charge in [0.2, 0.25) is 5.91 Å². The molecular formula is C15H22N2O2. The number of aromatic hydroxyl groups is 1. The van der Waals surface area contributed by atoms with E-state index in [2.05, 4.69) is 5.32 Å². The molecule has 1 saturated heterocycles. The molecule has 0 bridgehead atoms. The molecule has 2 N–H and O–H groups in total. The number of phenols is 1. The number of para-hydroxylation sites is 1. The van der Waals surface area contributed by atoms with Crippen LogP contribution < -0.4 is 5.32 Å². The maximum absolute atomic E-state index is 11.2. The van der Waals surface area contributed by atoms with E-state index in [9.17, 15) is 9.90 Å². The molecule has 0 unspecified atom stereocenters. The summed E-state index contributed by atoms with van der Waals surface area (Å²) in [5.74, 6) is 0.547. The first kappa shape index (κ1) is 13.9.